The molecule has 0 aromatic heterocycles. The highest BCUT2D eigenvalue weighted by atomic mass is 16.5. The number of aliphatic hydroxyl groups is 1. The highest BCUT2D eigenvalue weighted by Crippen LogP contribution is 2.28. The van der Waals surface area contributed by atoms with Crippen LogP contribution in [0.1, 0.15) is 51.2 Å². The molecule has 0 amide bonds. The van der Waals surface area contributed by atoms with Crippen LogP contribution in [-0.4, -0.2) is 36.2 Å². The maximum absolute atomic E-state index is 10.5. The van der Waals surface area contributed by atoms with Crippen molar-refractivity contribution >= 4 is 0 Å². The molecule has 1 aromatic rings. The zero-order valence-electron chi connectivity index (χ0n) is 13.4. The molecule has 21 heavy (non-hydrogen) atoms. The predicted molar refractivity (Wildman–Crippen MR) is 86.6 cm³/mol. The molecule has 1 atom stereocenters. The van der Waals surface area contributed by atoms with E-state index in [2.05, 4.69) is 11.8 Å². The number of para-hydroxylation sites is 1. The lowest BCUT2D eigenvalue weighted by atomic mass is 9.92. The summed E-state index contributed by atoms with van der Waals surface area (Å²) in [5.41, 5.74) is 0.912. The molecule has 1 aromatic carbocycles. The van der Waals surface area contributed by atoms with E-state index in [1.54, 1.807) is 0 Å². The van der Waals surface area contributed by atoms with Crippen molar-refractivity contribution in [2.24, 2.45) is 5.92 Å². The van der Waals surface area contributed by atoms with Crippen molar-refractivity contribution in [3.63, 3.8) is 0 Å². The Morgan fingerprint density at radius 3 is 2.62 bits per heavy atom. The molecule has 0 bridgehead atoms. The number of β-amino-alcohol motifs (C(OH)–C–C–N with tert-alkyl or cyclic N) is 1. The van der Waals surface area contributed by atoms with Gasteiger partial charge in [0.05, 0.1) is 12.7 Å². The van der Waals surface area contributed by atoms with Crippen LogP contribution >= 0.6 is 0 Å². The van der Waals surface area contributed by atoms with Crippen molar-refractivity contribution in [3.8, 4) is 5.75 Å². The van der Waals surface area contributed by atoms with Crippen molar-refractivity contribution in [3.05, 3.63) is 29.8 Å². The van der Waals surface area contributed by atoms with Gasteiger partial charge in [-0.1, -0.05) is 38.0 Å². The van der Waals surface area contributed by atoms with E-state index in [0.29, 0.717) is 13.2 Å². The van der Waals surface area contributed by atoms with Gasteiger partial charge in [0.1, 0.15) is 5.75 Å². The third-order valence-corrected chi connectivity index (χ3v) is 4.41. The van der Waals surface area contributed by atoms with Crippen LogP contribution in [0.3, 0.4) is 0 Å². The van der Waals surface area contributed by atoms with Crippen LogP contribution in [0, 0.1) is 5.92 Å². The van der Waals surface area contributed by atoms with Crippen LogP contribution in [0.2, 0.25) is 0 Å². The lowest BCUT2D eigenvalue weighted by Crippen LogP contribution is -2.36. The number of aliphatic hydroxyl groups excluding tert-OH is 1. The Labute approximate surface area is 128 Å². The van der Waals surface area contributed by atoms with Crippen molar-refractivity contribution < 1.29 is 9.84 Å². The normalized spacial score (nSPS) is 18.6. The summed E-state index contributed by atoms with van der Waals surface area (Å²) < 4.78 is 5.62. The number of likely N-dealkylation sites (tertiary alicyclic amines) is 1. The van der Waals surface area contributed by atoms with Crippen LogP contribution in [0.5, 0.6) is 5.75 Å². The molecule has 1 fully saturated rings. The number of hydrogen-bond donors (Lipinski definition) is 1. The molecule has 0 spiro atoms. The van der Waals surface area contributed by atoms with E-state index >= 15 is 0 Å². The SMILES string of the molecule is CCCC1CCN(CC(O)c2ccccc2OCC)CC1. The smallest absolute Gasteiger partial charge is 0.125 e. The van der Waals surface area contributed by atoms with Gasteiger partial charge in [0.25, 0.3) is 0 Å². The van der Waals surface area contributed by atoms with Gasteiger partial charge in [-0.3, -0.25) is 0 Å². The number of ether oxygens (including phenoxy) is 1. The zero-order valence-corrected chi connectivity index (χ0v) is 13.4. The summed E-state index contributed by atoms with van der Waals surface area (Å²) in [6.07, 6.45) is 4.72. The van der Waals surface area contributed by atoms with Gasteiger partial charge in [0, 0.05) is 12.1 Å². The first kappa shape index (κ1) is 16.3. The lowest BCUT2D eigenvalue weighted by Gasteiger charge is -2.33. The Hall–Kier alpha value is -1.06. The van der Waals surface area contributed by atoms with Crippen LogP contribution in [-0.2, 0) is 0 Å². The van der Waals surface area contributed by atoms with Gasteiger partial charge in [-0.15, -0.1) is 0 Å². The fourth-order valence-electron chi connectivity index (χ4n) is 3.25. The Morgan fingerprint density at radius 1 is 1.24 bits per heavy atom. The fourth-order valence-corrected chi connectivity index (χ4v) is 3.25. The molecule has 3 heteroatoms. The number of benzene rings is 1. The summed E-state index contributed by atoms with van der Waals surface area (Å²) in [5, 5.41) is 10.5. The van der Waals surface area contributed by atoms with Gasteiger partial charge >= 0.3 is 0 Å². The van der Waals surface area contributed by atoms with Gasteiger partial charge in [-0.25, -0.2) is 0 Å². The maximum atomic E-state index is 10.5. The van der Waals surface area contributed by atoms with Crippen molar-refractivity contribution in [2.45, 2.75) is 45.6 Å². The number of hydrogen-bond acceptors (Lipinski definition) is 3. The largest absolute Gasteiger partial charge is 0.493 e. The first-order valence-corrected chi connectivity index (χ1v) is 8.36. The van der Waals surface area contributed by atoms with Crippen molar-refractivity contribution in [1.29, 1.82) is 0 Å². The van der Waals surface area contributed by atoms with Crippen molar-refractivity contribution in [1.82, 2.24) is 4.90 Å². The highest BCUT2D eigenvalue weighted by Gasteiger charge is 2.22. The number of rotatable bonds is 7. The molecular weight excluding hydrogens is 262 g/mol. The summed E-state index contributed by atoms with van der Waals surface area (Å²) >= 11 is 0. The Balaban J connectivity index is 1.89. The van der Waals surface area contributed by atoms with E-state index in [0.717, 1.165) is 30.3 Å². The second-order valence-electron chi connectivity index (χ2n) is 6.02. The third kappa shape index (κ3) is 4.72. The molecule has 3 nitrogen and oxygen atoms in total. The monoisotopic (exact) mass is 291 g/mol. The Kier molecular flexibility index (Phi) is 6.52. The molecule has 0 radical (unpaired) electrons. The molecule has 2 rings (SSSR count). The Bertz CT molecular complexity index is 413. The van der Waals surface area contributed by atoms with Gasteiger partial charge in [0.15, 0.2) is 0 Å². The van der Waals surface area contributed by atoms with Crippen molar-refractivity contribution in [2.75, 3.05) is 26.2 Å². The van der Waals surface area contributed by atoms with Crippen LogP contribution in [0.4, 0.5) is 0 Å². The van der Waals surface area contributed by atoms with E-state index in [1.165, 1.54) is 25.7 Å². The first-order valence-electron chi connectivity index (χ1n) is 8.36. The summed E-state index contributed by atoms with van der Waals surface area (Å²) in [6.45, 7) is 7.80. The predicted octanol–water partition coefficient (Wildman–Crippen LogP) is 3.63. The second kappa shape index (κ2) is 8.40. The first-order chi connectivity index (χ1) is 10.2. The van der Waals surface area contributed by atoms with E-state index in [-0.39, 0.29) is 0 Å². The van der Waals surface area contributed by atoms with Crippen LogP contribution in [0.25, 0.3) is 0 Å². The van der Waals surface area contributed by atoms with E-state index in [4.69, 9.17) is 4.74 Å². The standard InChI is InChI=1S/C18H29NO2/c1-3-7-15-10-12-19(13-11-15)14-17(20)16-8-5-6-9-18(16)21-4-2/h5-6,8-9,15,17,20H,3-4,7,10-14H2,1-2H3. The molecule has 118 valence electrons. The minimum absolute atomic E-state index is 0.463. The topological polar surface area (TPSA) is 32.7 Å². The van der Waals surface area contributed by atoms with Gasteiger partial charge in [0.2, 0.25) is 0 Å². The van der Waals surface area contributed by atoms with Gasteiger partial charge in [-0.05, 0) is 44.8 Å². The molecule has 0 saturated carbocycles. The van der Waals surface area contributed by atoms with E-state index in [9.17, 15) is 5.11 Å². The van der Waals surface area contributed by atoms with Gasteiger partial charge in [-0.2, -0.15) is 0 Å². The number of nitrogens with zero attached hydrogens (tertiary/aromatic N) is 1. The Morgan fingerprint density at radius 2 is 1.95 bits per heavy atom. The minimum atomic E-state index is -0.463. The van der Waals surface area contributed by atoms with Crippen LogP contribution < -0.4 is 4.74 Å². The summed E-state index contributed by atoms with van der Waals surface area (Å²) in [7, 11) is 0. The quantitative estimate of drug-likeness (QED) is 0.832. The molecular formula is C18H29NO2. The molecule has 0 aliphatic carbocycles. The summed E-state index contributed by atoms with van der Waals surface area (Å²) in [6, 6.07) is 7.83. The highest BCUT2D eigenvalue weighted by molar-refractivity contribution is 5.35. The summed E-state index contributed by atoms with van der Waals surface area (Å²) in [4.78, 5) is 2.39. The maximum Gasteiger partial charge on any atom is 0.125 e. The fraction of sp³-hybridized carbons (Fsp3) is 0.667. The third-order valence-electron chi connectivity index (χ3n) is 4.41. The molecule has 1 aliphatic heterocycles. The van der Waals surface area contributed by atoms with Gasteiger partial charge < -0.3 is 14.7 Å². The van der Waals surface area contributed by atoms with Crippen LogP contribution in [0.15, 0.2) is 24.3 Å². The minimum Gasteiger partial charge on any atom is -0.493 e. The second-order valence-corrected chi connectivity index (χ2v) is 6.02. The lowest BCUT2D eigenvalue weighted by molar-refractivity contribution is 0.0859. The number of piperidine rings is 1. The molecule has 1 heterocycles. The molecule has 1 aliphatic rings. The van der Waals surface area contributed by atoms with E-state index < -0.39 is 6.10 Å². The zero-order chi connectivity index (χ0) is 15.1. The average Bonchev–Trinajstić information content (AvgIpc) is 2.50. The van der Waals surface area contributed by atoms with E-state index in [1.807, 2.05) is 31.2 Å². The molecule has 1 unspecified atom stereocenters. The average molecular weight is 291 g/mol. The molecule has 1 saturated heterocycles. The summed E-state index contributed by atoms with van der Waals surface area (Å²) in [5.74, 6) is 1.70. The molecule has 1 N–H and O–H groups in total.